The number of likely N-dealkylation sites (tertiary alicyclic amines) is 1. The Morgan fingerprint density at radius 1 is 1.18 bits per heavy atom. The van der Waals surface area contributed by atoms with Crippen molar-refractivity contribution in [3.05, 3.63) is 42.0 Å². The highest BCUT2D eigenvalue weighted by molar-refractivity contribution is 5.88. The van der Waals surface area contributed by atoms with Crippen molar-refractivity contribution in [2.24, 2.45) is 0 Å². The Kier molecular flexibility index (Phi) is 2.52. The summed E-state index contributed by atoms with van der Waals surface area (Å²) >= 11 is 0. The number of hydrogen-bond donors (Lipinski definition) is 1. The zero-order valence-electron chi connectivity index (χ0n) is 10.1. The van der Waals surface area contributed by atoms with Crippen LogP contribution in [0.5, 0.6) is 5.75 Å². The maximum absolute atomic E-state index is 10.2. The van der Waals surface area contributed by atoms with Crippen LogP contribution in [0.15, 0.2) is 36.4 Å². The second kappa shape index (κ2) is 4.04. The molecule has 0 amide bonds. The molecule has 1 unspecified atom stereocenters. The summed E-state index contributed by atoms with van der Waals surface area (Å²) in [5.41, 5.74) is 1.10. The van der Waals surface area contributed by atoms with Crippen LogP contribution in [0, 0.1) is 0 Å². The second-order valence-electron chi connectivity index (χ2n) is 4.86. The van der Waals surface area contributed by atoms with Crippen LogP contribution < -0.4 is 0 Å². The molecule has 2 heteroatoms. The molecule has 1 N–H and O–H groups in total. The lowest BCUT2D eigenvalue weighted by molar-refractivity contribution is 0.311. The number of rotatable bonds is 1. The summed E-state index contributed by atoms with van der Waals surface area (Å²) in [6.45, 7) is 1.12. The molecule has 1 heterocycles. The van der Waals surface area contributed by atoms with Gasteiger partial charge in [-0.25, -0.2) is 0 Å². The van der Waals surface area contributed by atoms with Gasteiger partial charge in [-0.2, -0.15) is 0 Å². The highest BCUT2D eigenvalue weighted by Gasteiger charge is 2.26. The summed E-state index contributed by atoms with van der Waals surface area (Å²) in [7, 11) is 2.14. The molecule has 1 aliphatic heterocycles. The van der Waals surface area contributed by atoms with Crippen LogP contribution in [0.1, 0.15) is 24.4 Å². The number of phenols is 1. The second-order valence-corrected chi connectivity index (χ2v) is 4.86. The standard InChI is InChI=1S/C15H17NO/c1-16-10-4-7-13(16)15-12-6-3-2-5-11(12)8-9-14(15)17/h2-3,5-6,8-9,13,17H,4,7,10H2,1H3. The van der Waals surface area contributed by atoms with Gasteiger partial charge < -0.3 is 5.11 Å². The normalized spacial score (nSPS) is 21.1. The van der Waals surface area contributed by atoms with Crippen LogP contribution in [0.2, 0.25) is 0 Å². The fraction of sp³-hybridized carbons (Fsp3) is 0.333. The Labute approximate surface area is 101 Å². The van der Waals surface area contributed by atoms with Crippen molar-refractivity contribution in [1.29, 1.82) is 0 Å². The van der Waals surface area contributed by atoms with E-state index >= 15 is 0 Å². The lowest BCUT2D eigenvalue weighted by Gasteiger charge is -2.22. The van der Waals surface area contributed by atoms with Crippen LogP contribution in [0.3, 0.4) is 0 Å². The minimum absolute atomic E-state index is 0.362. The summed E-state index contributed by atoms with van der Waals surface area (Å²) in [6.07, 6.45) is 2.35. The molecule has 2 aromatic rings. The summed E-state index contributed by atoms with van der Waals surface area (Å²) in [5.74, 6) is 0.433. The molecule has 1 atom stereocenters. The monoisotopic (exact) mass is 227 g/mol. The topological polar surface area (TPSA) is 23.5 Å². The maximum Gasteiger partial charge on any atom is 0.121 e. The van der Waals surface area contributed by atoms with Crippen molar-refractivity contribution in [3.8, 4) is 5.75 Å². The summed E-state index contributed by atoms with van der Waals surface area (Å²) in [6, 6.07) is 12.5. The van der Waals surface area contributed by atoms with E-state index in [-0.39, 0.29) is 0 Å². The molecule has 3 rings (SSSR count). The van der Waals surface area contributed by atoms with Crippen LogP contribution in [-0.2, 0) is 0 Å². The fourth-order valence-electron chi connectivity index (χ4n) is 2.91. The number of phenolic OH excluding ortho intramolecular Hbond substituents is 1. The molecular formula is C15H17NO. The molecule has 0 spiro atoms. The Balaban J connectivity index is 2.23. The Bertz CT molecular complexity index is 550. The van der Waals surface area contributed by atoms with Crippen molar-refractivity contribution in [2.45, 2.75) is 18.9 Å². The quantitative estimate of drug-likeness (QED) is 0.808. The Hall–Kier alpha value is -1.54. The lowest BCUT2D eigenvalue weighted by atomic mass is 9.96. The average Bonchev–Trinajstić information content (AvgIpc) is 2.75. The Morgan fingerprint density at radius 3 is 2.76 bits per heavy atom. The zero-order chi connectivity index (χ0) is 11.8. The van der Waals surface area contributed by atoms with E-state index in [0.29, 0.717) is 11.8 Å². The average molecular weight is 227 g/mol. The van der Waals surface area contributed by atoms with Crippen LogP contribution in [-0.4, -0.2) is 23.6 Å². The lowest BCUT2D eigenvalue weighted by Crippen LogP contribution is -2.17. The van der Waals surface area contributed by atoms with E-state index in [4.69, 9.17) is 0 Å². The van der Waals surface area contributed by atoms with Gasteiger partial charge in [0.25, 0.3) is 0 Å². The molecule has 1 saturated heterocycles. The van der Waals surface area contributed by atoms with E-state index in [2.05, 4.69) is 24.1 Å². The van der Waals surface area contributed by atoms with E-state index < -0.39 is 0 Å². The van der Waals surface area contributed by atoms with E-state index in [1.165, 1.54) is 17.2 Å². The van der Waals surface area contributed by atoms with Crippen LogP contribution in [0.4, 0.5) is 0 Å². The summed E-state index contributed by atoms with van der Waals surface area (Å²) < 4.78 is 0. The first-order valence-electron chi connectivity index (χ1n) is 6.18. The first-order valence-corrected chi connectivity index (χ1v) is 6.18. The summed E-state index contributed by atoms with van der Waals surface area (Å²) in [4.78, 5) is 2.33. The first-order chi connectivity index (χ1) is 8.27. The van der Waals surface area contributed by atoms with Gasteiger partial charge in [-0.3, -0.25) is 4.90 Å². The fourth-order valence-corrected chi connectivity index (χ4v) is 2.91. The van der Waals surface area contributed by atoms with Crippen molar-refractivity contribution >= 4 is 10.8 Å². The largest absolute Gasteiger partial charge is 0.508 e. The molecule has 88 valence electrons. The predicted octanol–water partition coefficient (Wildman–Crippen LogP) is 3.31. The molecule has 17 heavy (non-hydrogen) atoms. The molecule has 1 aliphatic rings. The molecular weight excluding hydrogens is 210 g/mol. The first kappa shape index (κ1) is 10.6. The van der Waals surface area contributed by atoms with E-state index in [1.54, 1.807) is 0 Å². The molecule has 2 aromatic carbocycles. The van der Waals surface area contributed by atoms with Gasteiger partial charge >= 0.3 is 0 Å². The van der Waals surface area contributed by atoms with Gasteiger partial charge in [-0.15, -0.1) is 0 Å². The van der Waals surface area contributed by atoms with Gasteiger partial charge in [0.1, 0.15) is 5.75 Å². The molecule has 1 fully saturated rings. The van der Waals surface area contributed by atoms with Gasteiger partial charge in [-0.1, -0.05) is 30.3 Å². The molecule has 0 bridgehead atoms. The van der Waals surface area contributed by atoms with Crippen LogP contribution >= 0.6 is 0 Å². The third-order valence-electron chi connectivity index (χ3n) is 3.80. The van der Waals surface area contributed by atoms with Crippen molar-refractivity contribution in [3.63, 3.8) is 0 Å². The molecule has 0 radical (unpaired) electrons. The van der Waals surface area contributed by atoms with Gasteiger partial charge in [0.15, 0.2) is 0 Å². The highest BCUT2D eigenvalue weighted by atomic mass is 16.3. The molecule has 0 aliphatic carbocycles. The highest BCUT2D eigenvalue weighted by Crippen LogP contribution is 2.39. The smallest absolute Gasteiger partial charge is 0.121 e. The third-order valence-corrected chi connectivity index (χ3v) is 3.80. The van der Waals surface area contributed by atoms with Gasteiger partial charge in [0.2, 0.25) is 0 Å². The van der Waals surface area contributed by atoms with Gasteiger partial charge in [0, 0.05) is 11.6 Å². The minimum atomic E-state index is 0.362. The number of benzene rings is 2. The van der Waals surface area contributed by atoms with Gasteiger partial charge in [-0.05, 0) is 43.3 Å². The maximum atomic E-state index is 10.2. The van der Waals surface area contributed by atoms with Crippen molar-refractivity contribution in [1.82, 2.24) is 4.90 Å². The number of nitrogens with zero attached hydrogens (tertiary/aromatic N) is 1. The molecule has 0 aromatic heterocycles. The van der Waals surface area contributed by atoms with Crippen LogP contribution in [0.25, 0.3) is 10.8 Å². The number of fused-ring (bicyclic) bond motifs is 1. The zero-order valence-corrected chi connectivity index (χ0v) is 10.1. The van der Waals surface area contributed by atoms with Crippen molar-refractivity contribution in [2.75, 3.05) is 13.6 Å². The molecule has 2 nitrogen and oxygen atoms in total. The predicted molar refractivity (Wildman–Crippen MR) is 70.2 cm³/mol. The number of hydrogen-bond acceptors (Lipinski definition) is 2. The van der Waals surface area contributed by atoms with E-state index in [9.17, 15) is 5.11 Å². The van der Waals surface area contributed by atoms with Gasteiger partial charge in [0.05, 0.1) is 0 Å². The SMILES string of the molecule is CN1CCCC1c1c(O)ccc2ccccc12. The van der Waals surface area contributed by atoms with Crippen molar-refractivity contribution < 1.29 is 5.11 Å². The summed E-state index contributed by atoms with van der Waals surface area (Å²) in [5, 5.41) is 12.6. The third kappa shape index (κ3) is 1.69. The minimum Gasteiger partial charge on any atom is -0.508 e. The molecule has 0 saturated carbocycles. The Morgan fingerprint density at radius 2 is 2.00 bits per heavy atom. The van der Waals surface area contributed by atoms with E-state index in [0.717, 1.165) is 18.5 Å². The van der Waals surface area contributed by atoms with E-state index in [1.807, 2.05) is 24.3 Å². The number of aromatic hydroxyl groups is 1.